The van der Waals surface area contributed by atoms with Crippen molar-refractivity contribution in [2.24, 2.45) is 0 Å². The summed E-state index contributed by atoms with van der Waals surface area (Å²) in [5, 5.41) is 0. The maximum atomic E-state index is 11.5. The highest BCUT2D eigenvalue weighted by atomic mass is 32.2. The molecule has 6 heteroatoms. The second-order valence-electron chi connectivity index (χ2n) is 4.82. The van der Waals surface area contributed by atoms with Crippen LogP contribution >= 0.6 is 0 Å². The fourth-order valence-corrected chi connectivity index (χ4v) is 2.99. The first-order chi connectivity index (χ1) is 8.93. The van der Waals surface area contributed by atoms with E-state index in [1.165, 1.54) is 12.3 Å². The molecule has 1 aromatic rings. The molecule has 0 radical (unpaired) electrons. The summed E-state index contributed by atoms with van der Waals surface area (Å²) in [5.41, 5.74) is 7.41. The number of nitrogen functional groups attached to an aromatic ring is 1. The second kappa shape index (κ2) is 5.38. The number of morpholine rings is 1. The summed E-state index contributed by atoms with van der Waals surface area (Å²) in [5.74, 6) is 0. The van der Waals surface area contributed by atoms with Crippen LogP contribution in [0.15, 0.2) is 23.1 Å². The third kappa shape index (κ3) is 3.01. The lowest BCUT2D eigenvalue weighted by Crippen LogP contribution is -2.45. The minimum atomic E-state index is -3.22. The van der Waals surface area contributed by atoms with Crippen molar-refractivity contribution in [1.29, 1.82) is 0 Å². The zero-order valence-electron chi connectivity index (χ0n) is 11.3. The Hall–Kier alpha value is -1.27. The minimum Gasteiger partial charge on any atom is -0.397 e. The van der Waals surface area contributed by atoms with Crippen LogP contribution in [0.5, 0.6) is 0 Å². The molecule has 0 aromatic heterocycles. The van der Waals surface area contributed by atoms with Gasteiger partial charge in [0.2, 0.25) is 0 Å². The van der Waals surface area contributed by atoms with Gasteiger partial charge in [0.15, 0.2) is 9.84 Å². The van der Waals surface area contributed by atoms with Gasteiger partial charge in [-0.25, -0.2) is 8.42 Å². The number of anilines is 2. The molecule has 1 aliphatic rings. The number of hydrogen-bond donors (Lipinski definition) is 1. The zero-order valence-corrected chi connectivity index (χ0v) is 12.1. The maximum absolute atomic E-state index is 11.5. The number of nitrogens with two attached hydrogens (primary N) is 1. The maximum Gasteiger partial charge on any atom is 0.175 e. The summed E-state index contributed by atoms with van der Waals surface area (Å²) in [6.07, 6.45) is 2.15. The monoisotopic (exact) mass is 284 g/mol. The van der Waals surface area contributed by atoms with Gasteiger partial charge in [-0.05, 0) is 24.6 Å². The van der Waals surface area contributed by atoms with Crippen LogP contribution < -0.4 is 10.6 Å². The van der Waals surface area contributed by atoms with E-state index in [0.29, 0.717) is 24.9 Å². The first-order valence-corrected chi connectivity index (χ1v) is 8.26. The average Bonchev–Trinajstić information content (AvgIpc) is 2.37. The van der Waals surface area contributed by atoms with Gasteiger partial charge < -0.3 is 15.4 Å². The molecule has 1 fully saturated rings. The Labute approximate surface area is 114 Å². The van der Waals surface area contributed by atoms with Gasteiger partial charge in [0, 0.05) is 12.8 Å². The van der Waals surface area contributed by atoms with E-state index in [1.807, 2.05) is 0 Å². The molecule has 2 rings (SSSR count). The first-order valence-electron chi connectivity index (χ1n) is 6.37. The van der Waals surface area contributed by atoms with Crippen LogP contribution in [0.1, 0.15) is 13.3 Å². The predicted octanol–water partition coefficient (Wildman–Crippen LogP) is 1.29. The second-order valence-corrected chi connectivity index (χ2v) is 6.84. The van der Waals surface area contributed by atoms with E-state index < -0.39 is 9.84 Å². The third-order valence-electron chi connectivity index (χ3n) is 3.44. The van der Waals surface area contributed by atoms with Crippen LogP contribution in [0.3, 0.4) is 0 Å². The van der Waals surface area contributed by atoms with Gasteiger partial charge in [0.05, 0.1) is 35.5 Å². The molecule has 2 N–H and O–H groups in total. The molecule has 0 spiro atoms. The molecular weight excluding hydrogens is 264 g/mol. The highest BCUT2D eigenvalue weighted by Crippen LogP contribution is 2.29. The molecule has 1 atom stereocenters. The Bertz CT molecular complexity index is 557. The van der Waals surface area contributed by atoms with Gasteiger partial charge in [-0.1, -0.05) is 6.92 Å². The Balaban J connectivity index is 2.35. The topological polar surface area (TPSA) is 72.6 Å². The Morgan fingerprint density at radius 1 is 1.47 bits per heavy atom. The lowest BCUT2D eigenvalue weighted by atomic mass is 10.1. The first kappa shape index (κ1) is 14.1. The molecule has 0 aliphatic carbocycles. The fraction of sp³-hybridized carbons (Fsp3) is 0.538. The van der Waals surface area contributed by atoms with E-state index in [0.717, 1.165) is 18.7 Å². The molecule has 0 saturated carbocycles. The molecule has 0 amide bonds. The standard InChI is InChI=1S/C13H20N2O3S/c1-3-10-9-18-7-6-15(10)13-5-4-11(8-12(13)14)19(2,16)17/h4-5,8,10H,3,6-7,9,14H2,1-2H3. The van der Waals surface area contributed by atoms with Crippen molar-refractivity contribution >= 4 is 21.2 Å². The highest BCUT2D eigenvalue weighted by Gasteiger charge is 2.23. The minimum absolute atomic E-state index is 0.259. The van der Waals surface area contributed by atoms with Crippen LogP contribution in [-0.2, 0) is 14.6 Å². The van der Waals surface area contributed by atoms with E-state index in [9.17, 15) is 8.42 Å². The van der Waals surface area contributed by atoms with Crippen molar-refractivity contribution in [1.82, 2.24) is 0 Å². The lowest BCUT2D eigenvalue weighted by molar-refractivity contribution is 0.0930. The van der Waals surface area contributed by atoms with E-state index in [1.54, 1.807) is 12.1 Å². The SMILES string of the molecule is CCC1COCCN1c1ccc(S(C)(=O)=O)cc1N. The van der Waals surface area contributed by atoms with Crippen LogP contribution in [0.25, 0.3) is 0 Å². The Morgan fingerprint density at radius 3 is 2.79 bits per heavy atom. The van der Waals surface area contributed by atoms with Gasteiger partial charge in [0.25, 0.3) is 0 Å². The number of sulfone groups is 1. The molecule has 1 saturated heterocycles. The van der Waals surface area contributed by atoms with Gasteiger partial charge in [0.1, 0.15) is 0 Å². The zero-order chi connectivity index (χ0) is 14.0. The summed E-state index contributed by atoms with van der Waals surface area (Å²) < 4.78 is 28.5. The van der Waals surface area contributed by atoms with Crippen LogP contribution in [0.4, 0.5) is 11.4 Å². The van der Waals surface area contributed by atoms with Gasteiger partial charge in [-0.2, -0.15) is 0 Å². The number of rotatable bonds is 3. The average molecular weight is 284 g/mol. The lowest BCUT2D eigenvalue weighted by Gasteiger charge is -2.37. The van der Waals surface area contributed by atoms with Crippen LogP contribution in [-0.4, -0.2) is 40.5 Å². The Morgan fingerprint density at radius 2 is 2.21 bits per heavy atom. The molecule has 5 nitrogen and oxygen atoms in total. The van der Waals surface area contributed by atoms with E-state index in [-0.39, 0.29) is 4.90 Å². The molecule has 1 heterocycles. The van der Waals surface area contributed by atoms with Crippen molar-refractivity contribution in [2.45, 2.75) is 24.3 Å². The summed E-state index contributed by atoms with van der Waals surface area (Å²) >= 11 is 0. The summed E-state index contributed by atoms with van der Waals surface area (Å²) in [4.78, 5) is 2.46. The number of benzene rings is 1. The molecule has 106 valence electrons. The van der Waals surface area contributed by atoms with Crippen molar-refractivity contribution in [2.75, 3.05) is 36.6 Å². The van der Waals surface area contributed by atoms with Gasteiger partial charge in [-0.3, -0.25) is 0 Å². The summed E-state index contributed by atoms with van der Waals surface area (Å²) in [6.45, 7) is 4.24. The number of nitrogens with zero attached hydrogens (tertiary/aromatic N) is 1. The quantitative estimate of drug-likeness (QED) is 0.847. The smallest absolute Gasteiger partial charge is 0.175 e. The largest absolute Gasteiger partial charge is 0.397 e. The van der Waals surface area contributed by atoms with Crippen molar-refractivity contribution in [3.8, 4) is 0 Å². The van der Waals surface area contributed by atoms with Crippen LogP contribution in [0, 0.1) is 0 Å². The molecule has 1 unspecified atom stereocenters. The molecule has 1 aromatic carbocycles. The fourth-order valence-electron chi connectivity index (χ4n) is 2.34. The normalized spacial score (nSPS) is 20.5. The summed E-state index contributed by atoms with van der Waals surface area (Å²) in [7, 11) is -3.22. The summed E-state index contributed by atoms with van der Waals surface area (Å²) in [6, 6.07) is 5.23. The van der Waals surface area contributed by atoms with Crippen molar-refractivity contribution in [3.63, 3.8) is 0 Å². The highest BCUT2D eigenvalue weighted by molar-refractivity contribution is 7.90. The van der Waals surface area contributed by atoms with E-state index in [4.69, 9.17) is 10.5 Å². The van der Waals surface area contributed by atoms with Gasteiger partial charge in [-0.15, -0.1) is 0 Å². The van der Waals surface area contributed by atoms with Crippen molar-refractivity contribution in [3.05, 3.63) is 18.2 Å². The third-order valence-corrected chi connectivity index (χ3v) is 4.55. The number of ether oxygens (including phenoxy) is 1. The molecular formula is C13H20N2O3S. The number of hydrogen-bond acceptors (Lipinski definition) is 5. The Kier molecular flexibility index (Phi) is 4.01. The van der Waals surface area contributed by atoms with Crippen molar-refractivity contribution < 1.29 is 13.2 Å². The van der Waals surface area contributed by atoms with Gasteiger partial charge >= 0.3 is 0 Å². The molecule has 19 heavy (non-hydrogen) atoms. The van der Waals surface area contributed by atoms with Crippen LogP contribution in [0.2, 0.25) is 0 Å². The predicted molar refractivity (Wildman–Crippen MR) is 76.2 cm³/mol. The van der Waals surface area contributed by atoms with E-state index >= 15 is 0 Å². The van der Waals surface area contributed by atoms with E-state index in [2.05, 4.69) is 11.8 Å². The molecule has 0 bridgehead atoms. The molecule has 1 aliphatic heterocycles.